The number of alkyl halides is 2. The standard InChI is InChI=1S/C18H20F2N4O3/c1-12-7-8-15(21-9-12)23-17(26)11-24(2)10-16(25)22-13-5-3-4-6-14(13)27-18(19)20/h3-9,18H,10-11H2,1-2H3,(H,22,25)(H,21,23,26). The first-order valence-corrected chi connectivity index (χ1v) is 8.08. The second-order valence-electron chi connectivity index (χ2n) is 5.86. The van der Waals surface area contributed by atoms with Gasteiger partial charge in [0, 0.05) is 6.20 Å². The highest BCUT2D eigenvalue weighted by atomic mass is 19.3. The van der Waals surface area contributed by atoms with E-state index < -0.39 is 12.5 Å². The molecule has 7 nitrogen and oxygen atoms in total. The van der Waals surface area contributed by atoms with Gasteiger partial charge in [0.2, 0.25) is 11.8 Å². The van der Waals surface area contributed by atoms with Crippen LogP contribution < -0.4 is 15.4 Å². The molecule has 0 aliphatic heterocycles. The Morgan fingerprint density at radius 3 is 2.41 bits per heavy atom. The van der Waals surface area contributed by atoms with E-state index in [0.717, 1.165) is 5.56 Å². The molecule has 0 bridgehead atoms. The number of pyridine rings is 1. The maximum Gasteiger partial charge on any atom is 0.387 e. The molecule has 0 aliphatic carbocycles. The van der Waals surface area contributed by atoms with E-state index in [0.29, 0.717) is 5.82 Å². The number of carbonyl (C=O) groups is 2. The summed E-state index contributed by atoms with van der Waals surface area (Å²) in [6.45, 7) is -1.27. The van der Waals surface area contributed by atoms with Crippen molar-refractivity contribution in [3.63, 3.8) is 0 Å². The van der Waals surface area contributed by atoms with Gasteiger partial charge in [0.25, 0.3) is 0 Å². The molecule has 0 fully saturated rings. The van der Waals surface area contributed by atoms with Crippen LogP contribution >= 0.6 is 0 Å². The molecule has 9 heteroatoms. The fourth-order valence-corrected chi connectivity index (χ4v) is 2.23. The average molecular weight is 378 g/mol. The van der Waals surface area contributed by atoms with Crippen LogP contribution in [0, 0.1) is 6.92 Å². The van der Waals surface area contributed by atoms with Crippen LogP contribution in [0.5, 0.6) is 5.75 Å². The van der Waals surface area contributed by atoms with Gasteiger partial charge in [-0.3, -0.25) is 14.5 Å². The Morgan fingerprint density at radius 2 is 1.78 bits per heavy atom. The Bertz CT molecular complexity index is 784. The van der Waals surface area contributed by atoms with Crippen LogP contribution in [-0.4, -0.2) is 48.4 Å². The number of halogens is 2. The third-order valence-corrected chi connectivity index (χ3v) is 3.38. The number of benzene rings is 1. The number of rotatable bonds is 8. The smallest absolute Gasteiger partial charge is 0.387 e. The zero-order chi connectivity index (χ0) is 19.8. The minimum Gasteiger partial charge on any atom is -0.433 e. The summed E-state index contributed by atoms with van der Waals surface area (Å²) < 4.78 is 29.2. The molecular weight excluding hydrogens is 358 g/mol. The van der Waals surface area contributed by atoms with Crippen molar-refractivity contribution in [2.75, 3.05) is 30.8 Å². The topological polar surface area (TPSA) is 83.6 Å². The molecule has 27 heavy (non-hydrogen) atoms. The largest absolute Gasteiger partial charge is 0.433 e. The SMILES string of the molecule is Cc1ccc(NC(=O)CN(C)CC(=O)Nc2ccccc2OC(F)F)nc1. The molecule has 0 aliphatic rings. The van der Waals surface area contributed by atoms with Crippen molar-refractivity contribution in [3.05, 3.63) is 48.2 Å². The van der Waals surface area contributed by atoms with Crippen LogP contribution in [0.2, 0.25) is 0 Å². The van der Waals surface area contributed by atoms with E-state index in [1.807, 2.05) is 13.0 Å². The summed E-state index contributed by atoms with van der Waals surface area (Å²) in [5, 5.41) is 5.12. The lowest BCUT2D eigenvalue weighted by atomic mass is 10.3. The number of para-hydroxylation sites is 2. The lowest BCUT2D eigenvalue weighted by molar-refractivity contribution is -0.119. The van der Waals surface area contributed by atoms with Crippen LogP contribution in [0.1, 0.15) is 5.56 Å². The van der Waals surface area contributed by atoms with Gasteiger partial charge in [-0.1, -0.05) is 18.2 Å². The summed E-state index contributed by atoms with van der Waals surface area (Å²) in [6.07, 6.45) is 1.63. The van der Waals surface area contributed by atoms with E-state index in [-0.39, 0.29) is 30.4 Å². The number of aryl methyl sites for hydroxylation is 1. The Labute approximate surface area is 155 Å². The van der Waals surface area contributed by atoms with Crippen molar-refractivity contribution in [1.82, 2.24) is 9.88 Å². The molecule has 0 saturated heterocycles. The summed E-state index contributed by atoms with van der Waals surface area (Å²) in [7, 11) is 1.59. The highest BCUT2D eigenvalue weighted by molar-refractivity contribution is 5.95. The molecule has 144 valence electrons. The van der Waals surface area contributed by atoms with Crippen molar-refractivity contribution in [2.45, 2.75) is 13.5 Å². The number of anilines is 2. The Balaban J connectivity index is 1.85. The summed E-state index contributed by atoms with van der Waals surface area (Å²) in [5.41, 5.74) is 1.10. The second-order valence-corrected chi connectivity index (χ2v) is 5.86. The van der Waals surface area contributed by atoms with Gasteiger partial charge in [0.1, 0.15) is 11.6 Å². The predicted molar refractivity (Wildman–Crippen MR) is 96.8 cm³/mol. The van der Waals surface area contributed by atoms with E-state index >= 15 is 0 Å². The fraction of sp³-hybridized carbons (Fsp3) is 0.278. The third-order valence-electron chi connectivity index (χ3n) is 3.38. The number of hydrogen-bond acceptors (Lipinski definition) is 5. The summed E-state index contributed by atoms with van der Waals surface area (Å²) >= 11 is 0. The molecule has 2 rings (SSSR count). The van der Waals surface area contributed by atoms with Crippen molar-refractivity contribution < 1.29 is 23.1 Å². The van der Waals surface area contributed by atoms with Crippen LogP contribution in [0.15, 0.2) is 42.6 Å². The molecule has 0 atom stereocenters. The zero-order valence-electron chi connectivity index (χ0n) is 14.9. The van der Waals surface area contributed by atoms with Gasteiger partial charge in [0.05, 0.1) is 18.8 Å². The minimum absolute atomic E-state index is 0.0435. The summed E-state index contributed by atoms with van der Waals surface area (Å²) in [6, 6.07) is 9.38. The van der Waals surface area contributed by atoms with Gasteiger partial charge in [-0.25, -0.2) is 4.98 Å². The fourth-order valence-electron chi connectivity index (χ4n) is 2.23. The molecule has 0 unspecified atom stereocenters. The van der Waals surface area contributed by atoms with Gasteiger partial charge in [-0.2, -0.15) is 8.78 Å². The lowest BCUT2D eigenvalue weighted by Gasteiger charge is -2.17. The van der Waals surface area contributed by atoms with E-state index in [2.05, 4.69) is 20.4 Å². The summed E-state index contributed by atoms with van der Waals surface area (Å²) in [5.74, 6) is -0.514. The van der Waals surface area contributed by atoms with Gasteiger partial charge in [-0.05, 0) is 37.7 Å². The van der Waals surface area contributed by atoms with Crippen molar-refractivity contribution in [1.29, 1.82) is 0 Å². The maximum atomic E-state index is 12.4. The zero-order valence-corrected chi connectivity index (χ0v) is 14.9. The number of carbonyl (C=O) groups excluding carboxylic acids is 2. The number of nitrogens with zero attached hydrogens (tertiary/aromatic N) is 2. The molecule has 0 saturated carbocycles. The third kappa shape index (κ3) is 6.98. The normalized spacial score (nSPS) is 10.7. The van der Waals surface area contributed by atoms with E-state index in [1.54, 1.807) is 25.4 Å². The molecule has 1 heterocycles. The molecular formula is C18H20F2N4O3. The van der Waals surface area contributed by atoms with Gasteiger partial charge >= 0.3 is 6.61 Å². The van der Waals surface area contributed by atoms with Crippen LogP contribution in [0.25, 0.3) is 0 Å². The van der Waals surface area contributed by atoms with Gasteiger partial charge in [-0.15, -0.1) is 0 Å². The molecule has 0 radical (unpaired) electrons. The highest BCUT2D eigenvalue weighted by Gasteiger charge is 2.14. The Morgan fingerprint density at radius 1 is 1.11 bits per heavy atom. The quantitative estimate of drug-likeness (QED) is 0.737. The predicted octanol–water partition coefficient (Wildman–Crippen LogP) is 2.50. The van der Waals surface area contributed by atoms with E-state index in [1.165, 1.54) is 23.1 Å². The van der Waals surface area contributed by atoms with Crippen LogP contribution in [0.4, 0.5) is 20.3 Å². The molecule has 2 aromatic rings. The minimum atomic E-state index is -3.00. The summed E-state index contributed by atoms with van der Waals surface area (Å²) in [4.78, 5) is 29.6. The number of amides is 2. The monoisotopic (exact) mass is 378 g/mol. The van der Waals surface area contributed by atoms with Crippen molar-refractivity contribution in [2.24, 2.45) is 0 Å². The number of hydrogen-bond donors (Lipinski definition) is 2. The van der Waals surface area contributed by atoms with E-state index in [4.69, 9.17) is 0 Å². The Kier molecular flexibility index (Phi) is 7.18. The molecule has 2 N–H and O–H groups in total. The van der Waals surface area contributed by atoms with Gasteiger partial charge < -0.3 is 15.4 Å². The highest BCUT2D eigenvalue weighted by Crippen LogP contribution is 2.25. The molecule has 1 aromatic carbocycles. The number of likely N-dealkylation sites (N-methyl/N-ethyl adjacent to an activating group) is 1. The van der Waals surface area contributed by atoms with E-state index in [9.17, 15) is 18.4 Å². The van der Waals surface area contributed by atoms with Gasteiger partial charge in [0.15, 0.2) is 0 Å². The van der Waals surface area contributed by atoms with Crippen molar-refractivity contribution >= 4 is 23.3 Å². The first kappa shape index (κ1) is 20.2. The number of nitrogens with one attached hydrogen (secondary N) is 2. The molecule has 2 amide bonds. The van der Waals surface area contributed by atoms with Crippen molar-refractivity contribution in [3.8, 4) is 5.75 Å². The van der Waals surface area contributed by atoms with Crippen LogP contribution in [-0.2, 0) is 9.59 Å². The Hall–Kier alpha value is -3.07. The number of ether oxygens (including phenoxy) is 1. The first-order chi connectivity index (χ1) is 12.8. The number of aromatic nitrogens is 1. The van der Waals surface area contributed by atoms with Crippen LogP contribution in [0.3, 0.4) is 0 Å². The maximum absolute atomic E-state index is 12.4. The average Bonchev–Trinajstić information content (AvgIpc) is 2.58. The molecule has 1 aromatic heterocycles. The first-order valence-electron chi connectivity index (χ1n) is 8.08. The lowest BCUT2D eigenvalue weighted by Crippen LogP contribution is -2.36. The molecule has 0 spiro atoms. The second kappa shape index (κ2) is 9.58.